The van der Waals surface area contributed by atoms with E-state index in [2.05, 4.69) is 19.1 Å². The molecular weight excluding hydrogens is 236 g/mol. The van der Waals surface area contributed by atoms with Crippen LogP contribution in [0.15, 0.2) is 24.3 Å². The Balaban J connectivity index is 1.97. The van der Waals surface area contributed by atoms with Gasteiger partial charge in [0.2, 0.25) is 5.91 Å². The summed E-state index contributed by atoms with van der Waals surface area (Å²) in [5.74, 6) is 0.468. The Hall–Kier alpha value is -1.82. The lowest BCUT2D eigenvalue weighted by molar-refractivity contribution is -0.129. The van der Waals surface area contributed by atoms with Crippen LogP contribution in [0.25, 0.3) is 0 Å². The maximum atomic E-state index is 12.7. The highest BCUT2D eigenvalue weighted by atomic mass is 16.2. The molecule has 0 radical (unpaired) electrons. The quantitative estimate of drug-likeness (QED) is 0.773. The van der Waals surface area contributed by atoms with Crippen molar-refractivity contribution in [3.8, 4) is 6.07 Å². The second kappa shape index (κ2) is 4.38. The third-order valence-electron chi connectivity index (χ3n) is 4.42. The van der Waals surface area contributed by atoms with Gasteiger partial charge in [0.25, 0.3) is 0 Å². The fraction of sp³-hybridized carbons (Fsp3) is 0.500. The number of para-hydroxylation sites is 1. The average Bonchev–Trinajstić information content (AvgIpc) is 2.37. The van der Waals surface area contributed by atoms with Crippen LogP contribution in [0, 0.1) is 22.7 Å². The van der Waals surface area contributed by atoms with Crippen molar-refractivity contribution in [1.82, 2.24) is 0 Å². The molecular formula is C16H18N2O. The topological polar surface area (TPSA) is 44.1 Å². The Morgan fingerprint density at radius 3 is 2.79 bits per heavy atom. The highest BCUT2D eigenvalue weighted by Crippen LogP contribution is 2.44. The van der Waals surface area contributed by atoms with Crippen LogP contribution in [0.1, 0.15) is 31.7 Å². The SMILES string of the molecule is CC1Cc2ccccc2N(C(=O)C2(C#N)CCC2)C1. The van der Waals surface area contributed by atoms with E-state index in [1.54, 1.807) is 0 Å². The van der Waals surface area contributed by atoms with Gasteiger partial charge in [0.15, 0.2) is 0 Å². The highest BCUT2D eigenvalue weighted by molar-refractivity contribution is 6.00. The Morgan fingerprint density at radius 2 is 2.16 bits per heavy atom. The molecule has 2 aliphatic rings. The third kappa shape index (κ3) is 1.83. The summed E-state index contributed by atoms with van der Waals surface area (Å²) in [7, 11) is 0. The van der Waals surface area contributed by atoms with Crippen molar-refractivity contribution in [3.63, 3.8) is 0 Å². The van der Waals surface area contributed by atoms with Crippen molar-refractivity contribution in [2.24, 2.45) is 11.3 Å². The molecule has 1 aromatic carbocycles. The second-order valence-corrected chi connectivity index (χ2v) is 5.90. The van der Waals surface area contributed by atoms with E-state index < -0.39 is 5.41 Å². The predicted molar refractivity (Wildman–Crippen MR) is 73.6 cm³/mol. The standard InChI is InChI=1S/C16H18N2O/c1-12-9-13-5-2-3-6-14(13)18(10-12)15(19)16(11-17)7-4-8-16/h2-3,5-6,12H,4,7-10H2,1H3. The lowest BCUT2D eigenvalue weighted by Crippen LogP contribution is -2.50. The van der Waals surface area contributed by atoms with Crippen molar-refractivity contribution in [3.05, 3.63) is 29.8 Å². The van der Waals surface area contributed by atoms with Gasteiger partial charge in [-0.1, -0.05) is 25.1 Å². The summed E-state index contributed by atoms with van der Waals surface area (Å²) in [4.78, 5) is 14.6. The summed E-state index contributed by atoms with van der Waals surface area (Å²) in [5, 5.41) is 9.35. The molecule has 0 spiro atoms. The van der Waals surface area contributed by atoms with E-state index in [1.165, 1.54) is 5.56 Å². The van der Waals surface area contributed by atoms with E-state index in [0.29, 0.717) is 5.92 Å². The number of anilines is 1. The van der Waals surface area contributed by atoms with Crippen molar-refractivity contribution in [2.45, 2.75) is 32.6 Å². The summed E-state index contributed by atoms with van der Waals surface area (Å²) >= 11 is 0. The van der Waals surface area contributed by atoms with Crippen molar-refractivity contribution < 1.29 is 4.79 Å². The number of carbonyl (C=O) groups is 1. The van der Waals surface area contributed by atoms with Gasteiger partial charge < -0.3 is 4.90 Å². The summed E-state index contributed by atoms with van der Waals surface area (Å²) in [6.45, 7) is 2.90. The molecule has 1 aliphatic heterocycles. The maximum Gasteiger partial charge on any atom is 0.247 e. The summed E-state index contributed by atoms with van der Waals surface area (Å²) in [6.07, 6.45) is 3.44. The smallest absolute Gasteiger partial charge is 0.247 e. The molecule has 0 aromatic heterocycles. The van der Waals surface area contributed by atoms with Crippen LogP contribution in [0.5, 0.6) is 0 Å². The Morgan fingerprint density at radius 1 is 1.42 bits per heavy atom. The monoisotopic (exact) mass is 254 g/mol. The normalized spacial score (nSPS) is 24.0. The van der Waals surface area contributed by atoms with Crippen molar-refractivity contribution >= 4 is 11.6 Å². The van der Waals surface area contributed by atoms with Gasteiger partial charge >= 0.3 is 0 Å². The molecule has 0 bridgehead atoms. The Labute approximate surface area is 113 Å². The molecule has 1 atom stereocenters. The van der Waals surface area contributed by atoms with E-state index in [-0.39, 0.29) is 5.91 Å². The van der Waals surface area contributed by atoms with Gasteiger partial charge in [-0.3, -0.25) is 4.79 Å². The summed E-state index contributed by atoms with van der Waals surface area (Å²) < 4.78 is 0. The van der Waals surface area contributed by atoms with Gasteiger partial charge in [0.1, 0.15) is 5.41 Å². The number of carbonyl (C=O) groups excluding carboxylic acids is 1. The number of fused-ring (bicyclic) bond motifs is 1. The molecule has 98 valence electrons. The second-order valence-electron chi connectivity index (χ2n) is 5.90. The zero-order valence-electron chi connectivity index (χ0n) is 11.2. The first-order chi connectivity index (χ1) is 9.16. The average molecular weight is 254 g/mol. The lowest BCUT2D eigenvalue weighted by Gasteiger charge is -2.41. The molecule has 1 unspecified atom stereocenters. The molecule has 3 heteroatoms. The van der Waals surface area contributed by atoms with Crippen LogP contribution in [0.2, 0.25) is 0 Å². The first kappa shape index (κ1) is 12.2. The maximum absolute atomic E-state index is 12.7. The van der Waals surface area contributed by atoms with Gasteiger partial charge in [-0.15, -0.1) is 0 Å². The summed E-state index contributed by atoms with van der Waals surface area (Å²) in [5.41, 5.74) is 1.48. The minimum atomic E-state index is -0.746. The predicted octanol–water partition coefficient (Wildman–Crippen LogP) is 2.91. The van der Waals surface area contributed by atoms with Crippen LogP contribution in [-0.4, -0.2) is 12.5 Å². The molecule has 19 heavy (non-hydrogen) atoms. The van der Waals surface area contributed by atoms with E-state index >= 15 is 0 Å². The number of nitriles is 1. The van der Waals surface area contributed by atoms with Crippen molar-refractivity contribution in [1.29, 1.82) is 5.26 Å². The first-order valence-electron chi connectivity index (χ1n) is 6.97. The van der Waals surface area contributed by atoms with E-state index in [1.807, 2.05) is 23.1 Å². The zero-order chi connectivity index (χ0) is 13.5. The minimum Gasteiger partial charge on any atom is -0.310 e. The largest absolute Gasteiger partial charge is 0.310 e. The molecule has 0 saturated heterocycles. The van der Waals surface area contributed by atoms with Crippen LogP contribution in [0.4, 0.5) is 5.69 Å². The van der Waals surface area contributed by atoms with E-state index in [4.69, 9.17) is 0 Å². The zero-order valence-corrected chi connectivity index (χ0v) is 11.2. The van der Waals surface area contributed by atoms with Gasteiger partial charge in [-0.25, -0.2) is 0 Å². The van der Waals surface area contributed by atoms with Crippen LogP contribution < -0.4 is 4.90 Å². The number of hydrogen-bond acceptors (Lipinski definition) is 2. The van der Waals surface area contributed by atoms with Gasteiger partial charge in [-0.2, -0.15) is 5.26 Å². The molecule has 1 heterocycles. The molecule has 3 nitrogen and oxygen atoms in total. The molecule has 1 fully saturated rings. The number of hydrogen-bond donors (Lipinski definition) is 0. The van der Waals surface area contributed by atoms with Gasteiger partial charge in [0.05, 0.1) is 6.07 Å². The fourth-order valence-electron chi connectivity index (χ4n) is 3.15. The minimum absolute atomic E-state index is 0.0141. The van der Waals surface area contributed by atoms with Crippen LogP contribution in [0.3, 0.4) is 0 Å². The van der Waals surface area contributed by atoms with Gasteiger partial charge in [0, 0.05) is 12.2 Å². The van der Waals surface area contributed by atoms with E-state index in [0.717, 1.165) is 37.9 Å². The fourth-order valence-corrected chi connectivity index (χ4v) is 3.15. The molecule has 0 N–H and O–H groups in total. The van der Waals surface area contributed by atoms with Gasteiger partial charge in [-0.05, 0) is 43.2 Å². The summed E-state index contributed by atoms with van der Waals surface area (Å²) in [6, 6.07) is 10.3. The molecule has 1 amide bonds. The molecule has 3 rings (SSSR count). The third-order valence-corrected chi connectivity index (χ3v) is 4.42. The van der Waals surface area contributed by atoms with E-state index in [9.17, 15) is 10.1 Å². The Bertz CT molecular complexity index is 554. The number of amides is 1. The molecule has 1 saturated carbocycles. The molecule has 1 aromatic rings. The Kier molecular flexibility index (Phi) is 2.82. The van der Waals surface area contributed by atoms with Crippen LogP contribution in [-0.2, 0) is 11.2 Å². The molecule has 1 aliphatic carbocycles. The number of nitrogens with zero attached hydrogens (tertiary/aromatic N) is 2. The number of rotatable bonds is 1. The highest BCUT2D eigenvalue weighted by Gasteiger charge is 2.48. The first-order valence-corrected chi connectivity index (χ1v) is 6.97. The van der Waals surface area contributed by atoms with Crippen LogP contribution >= 0.6 is 0 Å². The van der Waals surface area contributed by atoms with Crippen molar-refractivity contribution in [2.75, 3.05) is 11.4 Å². The number of benzene rings is 1. The lowest BCUT2D eigenvalue weighted by atomic mass is 9.68.